The zero-order valence-corrected chi connectivity index (χ0v) is 32.9. The number of aliphatic carboxylic acids is 1. The highest BCUT2D eigenvalue weighted by atomic mass is 16.6. The van der Waals surface area contributed by atoms with Gasteiger partial charge in [0.1, 0.15) is 11.7 Å². The average Bonchev–Trinajstić information content (AvgIpc) is 3.32. The molecule has 278 valence electrons. The van der Waals surface area contributed by atoms with Crippen LogP contribution in [0, 0.1) is 62.1 Å². The summed E-state index contributed by atoms with van der Waals surface area (Å²) in [5.41, 5.74) is 0.632. The molecule has 0 radical (unpaired) electrons. The molecule has 0 aromatic heterocycles. The summed E-state index contributed by atoms with van der Waals surface area (Å²) in [5, 5.41) is 12.6. The van der Waals surface area contributed by atoms with Crippen LogP contribution in [-0.4, -0.2) is 41.4 Å². The van der Waals surface area contributed by atoms with Gasteiger partial charge in [-0.2, -0.15) is 0 Å². The van der Waals surface area contributed by atoms with Gasteiger partial charge in [-0.1, -0.05) is 60.6 Å². The van der Waals surface area contributed by atoms with Crippen molar-refractivity contribution in [3.63, 3.8) is 0 Å². The van der Waals surface area contributed by atoms with Gasteiger partial charge in [-0.3, -0.25) is 9.59 Å². The number of carbonyl (C=O) groups is 3. The third-order valence-electron chi connectivity index (χ3n) is 15.7. The van der Waals surface area contributed by atoms with Crippen molar-refractivity contribution in [2.75, 3.05) is 6.54 Å². The predicted octanol–water partition coefficient (Wildman–Crippen LogP) is 9.97. The number of allylic oxidation sites excluding steroid dienone is 1. The molecule has 7 heteroatoms. The molecule has 2 N–H and O–H groups in total. The van der Waals surface area contributed by atoms with Crippen LogP contribution in [0.3, 0.4) is 0 Å². The van der Waals surface area contributed by atoms with Crippen LogP contribution in [-0.2, 0) is 19.1 Å². The van der Waals surface area contributed by atoms with Gasteiger partial charge in [-0.15, -0.1) is 0 Å². The first-order valence-corrected chi connectivity index (χ1v) is 19.4. The van der Waals surface area contributed by atoms with E-state index < -0.39 is 17.0 Å². The standard InChI is InChI=1S/C42H69NO6/c1-26(2)27-15-20-42(25-43-35(47)49-36(3,4)5)22-21-40(11)28(34(27)42)13-14-30-39(10)18-17-31(38(8,9)29(39)16-19-41(30,40)12)48-33(46)24-37(6,7)23-32(44)45/h27-31,34H,1,13-25H2,2-12H3,(H,43,47)(H,44,45)/t27-,28+,29-,30+,31-,34+,39-,40+,41+,42+/m0/s1. The summed E-state index contributed by atoms with van der Waals surface area (Å²) >= 11 is 0. The highest BCUT2D eigenvalue weighted by Crippen LogP contribution is 2.77. The molecule has 5 fully saturated rings. The number of carboxylic acid groups (broad SMARTS) is 1. The van der Waals surface area contributed by atoms with Crippen LogP contribution in [0.1, 0.15) is 153 Å². The Morgan fingerprint density at radius 3 is 2.10 bits per heavy atom. The van der Waals surface area contributed by atoms with Crippen molar-refractivity contribution in [3.8, 4) is 0 Å². The lowest BCUT2D eigenvalue weighted by Crippen LogP contribution is -2.67. The molecule has 0 heterocycles. The molecule has 7 nitrogen and oxygen atoms in total. The monoisotopic (exact) mass is 684 g/mol. The number of carboxylic acids is 1. The van der Waals surface area contributed by atoms with E-state index in [9.17, 15) is 19.5 Å². The summed E-state index contributed by atoms with van der Waals surface area (Å²) in [4.78, 5) is 37.5. The number of esters is 1. The molecule has 5 saturated carbocycles. The number of hydrogen-bond acceptors (Lipinski definition) is 5. The third kappa shape index (κ3) is 6.60. The first kappa shape index (κ1) is 38.2. The highest BCUT2D eigenvalue weighted by Gasteiger charge is 2.71. The fraction of sp³-hybridized carbons (Fsp3) is 0.881. The zero-order valence-electron chi connectivity index (χ0n) is 32.9. The minimum Gasteiger partial charge on any atom is -0.481 e. The maximum atomic E-state index is 13.2. The second-order valence-electron chi connectivity index (χ2n) is 20.7. The summed E-state index contributed by atoms with van der Waals surface area (Å²) in [5.74, 6) is 1.49. The van der Waals surface area contributed by atoms with E-state index in [1.807, 2.05) is 34.6 Å². The Hall–Kier alpha value is -2.05. The SMILES string of the molecule is C=C(C)[C@@H]1CC[C@]2(CNC(=O)OC(C)(C)C)CC[C@]3(C)[C@H](CC[C@@H]4[C@@]5(C)CC[C@H](OC(=O)CC(C)(C)CC(=O)O)C(C)(C)[C@@H]5CC[C@]43C)[C@@H]12. The Labute approximate surface area is 297 Å². The van der Waals surface area contributed by atoms with Crippen molar-refractivity contribution in [2.45, 2.75) is 165 Å². The van der Waals surface area contributed by atoms with Gasteiger partial charge in [0.2, 0.25) is 0 Å². The zero-order chi connectivity index (χ0) is 36.6. The number of alkyl carbamates (subject to hydrolysis) is 1. The summed E-state index contributed by atoms with van der Waals surface area (Å²) in [6, 6.07) is 0. The van der Waals surface area contributed by atoms with Gasteiger partial charge in [-0.25, -0.2) is 4.79 Å². The largest absolute Gasteiger partial charge is 0.481 e. The van der Waals surface area contributed by atoms with Crippen molar-refractivity contribution in [1.29, 1.82) is 0 Å². The topological polar surface area (TPSA) is 102 Å². The molecule has 0 aromatic carbocycles. The van der Waals surface area contributed by atoms with Crippen LogP contribution >= 0.6 is 0 Å². The Kier molecular flexibility index (Phi) is 9.79. The number of fused-ring (bicyclic) bond motifs is 7. The van der Waals surface area contributed by atoms with E-state index in [-0.39, 0.29) is 58.1 Å². The molecule has 0 unspecified atom stereocenters. The van der Waals surface area contributed by atoms with Crippen LogP contribution in [0.4, 0.5) is 4.79 Å². The lowest BCUT2D eigenvalue weighted by Gasteiger charge is -2.73. The van der Waals surface area contributed by atoms with Gasteiger partial charge < -0.3 is 19.9 Å². The summed E-state index contributed by atoms with van der Waals surface area (Å²) in [6.45, 7) is 29.4. The summed E-state index contributed by atoms with van der Waals surface area (Å²) < 4.78 is 12.0. The molecule has 5 rings (SSSR count). The first-order valence-electron chi connectivity index (χ1n) is 19.4. The van der Waals surface area contributed by atoms with E-state index in [0.29, 0.717) is 36.1 Å². The number of amides is 1. The minimum absolute atomic E-state index is 0.0494. The smallest absolute Gasteiger partial charge is 0.407 e. The van der Waals surface area contributed by atoms with Gasteiger partial charge in [-0.05, 0) is 149 Å². The van der Waals surface area contributed by atoms with Crippen molar-refractivity contribution in [3.05, 3.63) is 12.2 Å². The number of ether oxygens (including phenoxy) is 2. The number of nitrogens with one attached hydrogen (secondary N) is 1. The van der Waals surface area contributed by atoms with Gasteiger partial charge in [0.25, 0.3) is 0 Å². The molecule has 0 aliphatic heterocycles. The van der Waals surface area contributed by atoms with Crippen molar-refractivity contribution < 1.29 is 29.0 Å². The maximum absolute atomic E-state index is 13.2. The molecular formula is C42H69NO6. The molecule has 0 saturated heterocycles. The van der Waals surface area contributed by atoms with Crippen LogP contribution in [0.5, 0.6) is 0 Å². The Morgan fingerprint density at radius 1 is 0.816 bits per heavy atom. The van der Waals surface area contributed by atoms with Gasteiger partial charge in [0.05, 0.1) is 12.8 Å². The lowest BCUT2D eigenvalue weighted by atomic mass is 9.32. The lowest BCUT2D eigenvalue weighted by molar-refractivity contribution is -0.250. The summed E-state index contributed by atoms with van der Waals surface area (Å²) in [6.07, 6.45) is 10.9. The second kappa shape index (κ2) is 12.6. The molecule has 10 atom stereocenters. The Bertz CT molecular complexity index is 1330. The van der Waals surface area contributed by atoms with E-state index in [2.05, 4.69) is 53.4 Å². The van der Waals surface area contributed by atoms with Crippen molar-refractivity contribution in [1.82, 2.24) is 5.32 Å². The molecule has 1 amide bonds. The fourth-order valence-corrected chi connectivity index (χ4v) is 13.4. The Balaban J connectivity index is 1.37. The molecule has 5 aliphatic rings. The molecule has 49 heavy (non-hydrogen) atoms. The molecule has 0 bridgehead atoms. The first-order chi connectivity index (χ1) is 22.4. The van der Waals surface area contributed by atoms with Crippen LogP contribution in [0.2, 0.25) is 0 Å². The molecule has 5 aliphatic carbocycles. The second-order valence-corrected chi connectivity index (χ2v) is 20.7. The summed E-state index contributed by atoms with van der Waals surface area (Å²) in [7, 11) is 0. The number of carbonyl (C=O) groups excluding carboxylic acids is 2. The molecule has 0 spiro atoms. The van der Waals surface area contributed by atoms with E-state index in [1.54, 1.807) is 0 Å². The predicted molar refractivity (Wildman–Crippen MR) is 194 cm³/mol. The normalized spacial score (nSPS) is 41.3. The number of hydrogen-bond donors (Lipinski definition) is 2. The average molecular weight is 684 g/mol. The minimum atomic E-state index is -0.885. The van der Waals surface area contributed by atoms with Crippen LogP contribution in [0.15, 0.2) is 12.2 Å². The van der Waals surface area contributed by atoms with Crippen molar-refractivity contribution in [2.24, 2.45) is 62.1 Å². The van der Waals surface area contributed by atoms with E-state index >= 15 is 0 Å². The maximum Gasteiger partial charge on any atom is 0.407 e. The quantitative estimate of drug-likeness (QED) is 0.195. The molecule has 0 aromatic rings. The Morgan fingerprint density at radius 2 is 1.49 bits per heavy atom. The van der Waals surface area contributed by atoms with Crippen LogP contribution in [0.25, 0.3) is 0 Å². The van der Waals surface area contributed by atoms with Gasteiger partial charge >= 0.3 is 18.0 Å². The van der Waals surface area contributed by atoms with E-state index in [0.717, 1.165) is 38.5 Å². The molecular weight excluding hydrogens is 614 g/mol. The van der Waals surface area contributed by atoms with E-state index in [4.69, 9.17) is 9.47 Å². The van der Waals surface area contributed by atoms with E-state index in [1.165, 1.54) is 31.3 Å². The highest BCUT2D eigenvalue weighted by molar-refractivity contribution is 5.73. The number of rotatable bonds is 8. The fourth-order valence-electron chi connectivity index (χ4n) is 13.4. The van der Waals surface area contributed by atoms with Crippen LogP contribution < -0.4 is 5.32 Å². The van der Waals surface area contributed by atoms with Gasteiger partial charge in [0.15, 0.2) is 0 Å². The van der Waals surface area contributed by atoms with Crippen molar-refractivity contribution >= 4 is 18.0 Å². The van der Waals surface area contributed by atoms with Gasteiger partial charge in [0, 0.05) is 12.0 Å². The third-order valence-corrected chi connectivity index (χ3v) is 15.7.